The summed E-state index contributed by atoms with van der Waals surface area (Å²) in [5, 5.41) is 6.15. The number of aromatic nitrogens is 1. The summed E-state index contributed by atoms with van der Waals surface area (Å²) in [6, 6.07) is 3.65. The van der Waals surface area contributed by atoms with Crippen molar-refractivity contribution < 1.29 is 4.79 Å². The molecule has 0 aliphatic rings. The van der Waals surface area contributed by atoms with E-state index in [9.17, 15) is 4.79 Å². The molecule has 0 aliphatic carbocycles. The van der Waals surface area contributed by atoms with Crippen LogP contribution in [0.2, 0.25) is 0 Å². The van der Waals surface area contributed by atoms with Gasteiger partial charge in [-0.25, -0.2) is 4.98 Å². The van der Waals surface area contributed by atoms with Gasteiger partial charge in [-0.1, -0.05) is 33.1 Å². The van der Waals surface area contributed by atoms with E-state index in [1.807, 2.05) is 13.0 Å². The zero-order valence-electron chi connectivity index (χ0n) is 12.9. The van der Waals surface area contributed by atoms with E-state index in [4.69, 9.17) is 0 Å². The first-order valence-electron chi connectivity index (χ1n) is 7.69. The van der Waals surface area contributed by atoms with E-state index in [0.29, 0.717) is 11.6 Å². The number of hydrogen-bond donors (Lipinski definition) is 2. The van der Waals surface area contributed by atoms with E-state index in [-0.39, 0.29) is 5.91 Å². The van der Waals surface area contributed by atoms with Crippen molar-refractivity contribution in [3.63, 3.8) is 0 Å². The minimum absolute atomic E-state index is 0.0806. The Hall–Kier alpha value is -1.58. The summed E-state index contributed by atoms with van der Waals surface area (Å²) in [4.78, 5) is 16.2. The average molecular weight is 277 g/mol. The molecule has 2 N–H and O–H groups in total. The topological polar surface area (TPSA) is 54.0 Å². The third kappa shape index (κ3) is 5.59. The van der Waals surface area contributed by atoms with Crippen LogP contribution in [0.3, 0.4) is 0 Å². The van der Waals surface area contributed by atoms with Crippen LogP contribution in [0.4, 0.5) is 5.69 Å². The summed E-state index contributed by atoms with van der Waals surface area (Å²) < 4.78 is 0. The second-order valence-corrected chi connectivity index (χ2v) is 5.09. The van der Waals surface area contributed by atoms with Gasteiger partial charge >= 0.3 is 0 Å². The first-order chi connectivity index (χ1) is 9.71. The normalized spacial score (nSPS) is 11.9. The molecule has 1 rings (SSSR count). The molecule has 1 atom stereocenters. The van der Waals surface area contributed by atoms with Gasteiger partial charge in [0.1, 0.15) is 5.69 Å². The maximum Gasteiger partial charge on any atom is 0.269 e. The lowest BCUT2D eigenvalue weighted by Gasteiger charge is -2.15. The lowest BCUT2D eigenvalue weighted by atomic mass is 9.99. The maximum absolute atomic E-state index is 12.0. The largest absolute Gasteiger partial charge is 0.384 e. The van der Waals surface area contributed by atoms with Gasteiger partial charge in [0.25, 0.3) is 5.91 Å². The fourth-order valence-corrected chi connectivity index (χ4v) is 2.11. The molecule has 0 radical (unpaired) electrons. The number of rotatable bonds is 9. The number of nitrogens with one attached hydrogen (secondary N) is 2. The van der Waals surface area contributed by atoms with E-state index < -0.39 is 0 Å². The Bertz CT molecular complexity index is 389. The Labute approximate surface area is 122 Å². The number of anilines is 1. The second kappa shape index (κ2) is 9.34. The second-order valence-electron chi connectivity index (χ2n) is 5.09. The summed E-state index contributed by atoms with van der Waals surface area (Å²) in [7, 11) is 0. The Morgan fingerprint density at radius 3 is 2.65 bits per heavy atom. The molecule has 4 heteroatoms. The highest BCUT2D eigenvalue weighted by Crippen LogP contribution is 2.11. The van der Waals surface area contributed by atoms with Crippen LogP contribution in [0.15, 0.2) is 18.3 Å². The van der Waals surface area contributed by atoms with Gasteiger partial charge in [0.15, 0.2) is 0 Å². The highest BCUT2D eigenvalue weighted by molar-refractivity contribution is 5.92. The van der Waals surface area contributed by atoms with Crippen LogP contribution < -0.4 is 10.6 Å². The number of amides is 1. The van der Waals surface area contributed by atoms with Gasteiger partial charge in [-0.3, -0.25) is 4.79 Å². The van der Waals surface area contributed by atoms with Crippen LogP contribution in [0.1, 0.15) is 56.9 Å². The van der Waals surface area contributed by atoms with Crippen molar-refractivity contribution in [1.82, 2.24) is 10.3 Å². The van der Waals surface area contributed by atoms with Gasteiger partial charge in [-0.2, -0.15) is 0 Å². The molecular weight excluding hydrogens is 250 g/mol. The standard InChI is InChI=1S/C16H27N3O/c1-4-7-8-13(5-2)11-19-16(20)15-10-9-14(12-18-15)17-6-3/h9-10,12-13,17H,4-8,11H2,1-3H3,(H,19,20). The van der Waals surface area contributed by atoms with Crippen LogP contribution in [0, 0.1) is 5.92 Å². The Balaban J connectivity index is 2.45. The summed E-state index contributed by atoms with van der Waals surface area (Å²) in [6.45, 7) is 7.99. The van der Waals surface area contributed by atoms with Crippen molar-refractivity contribution in [3.05, 3.63) is 24.0 Å². The fraction of sp³-hybridized carbons (Fsp3) is 0.625. The highest BCUT2D eigenvalue weighted by atomic mass is 16.1. The van der Waals surface area contributed by atoms with Gasteiger partial charge in [-0.15, -0.1) is 0 Å². The van der Waals surface area contributed by atoms with Crippen molar-refractivity contribution in [2.75, 3.05) is 18.4 Å². The average Bonchev–Trinajstić information content (AvgIpc) is 2.48. The van der Waals surface area contributed by atoms with Crippen LogP contribution in [0.25, 0.3) is 0 Å². The van der Waals surface area contributed by atoms with Crippen molar-refractivity contribution in [1.29, 1.82) is 0 Å². The maximum atomic E-state index is 12.0. The van der Waals surface area contributed by atoms with Crippen molar-refractivity contribution >= 4 is 11.6 Å². The first-order valence-corrected chi connectivity index (χ1v) is 7.69. The zero-order chi connectivity index (χ0) is 14.8. The molecule has 0 saturated heterocycles. The first kappa shape index (κ1) is 16.5. The molecule has 112 valence electrons. The summed E-state index contributed by atoms with van der Waals surface area (Å²) in [5.41, 5.74) is 1.43. The van der Waals surface area contributed by atoms with Gasteiger partial charge in [0.2, 0.25) is 0 Å². The summed E-state index contributed by atoms with van der Waals surface area (Å²) >= 11 is 0. The monoisotopic (exact) mass is 277 g/mol. The fourth-order valence-electron chi connectivity index (χ4n) is 2.11. The van der Waals surface area contributed by atoms with E-state index in [0.717, 1.165) is 25.2 Å². The van der Waals surface area contributed by atoms with Crippen molar-refractivity contribution in [3.8, 4) is 0 Å². The molecule has 1 heterocycles. The van der Waals surface area contributed by atoms with Gasteiger partial charge in [0, 0.05) is 13.1 Å². The third-order valence-corrected chi connectivity index (χ3v) is 3.47. The van der Waals surface area contributed by atoms with E-state index in [1.54, 1.807) is 12.3 Å². The quantitative estimate of drug-likeness (QED) is 0.727. The van der Waals surface area contributed by atoms with Crippen LogP contribution in [-0.4, -0.2) is 24.0 Å². The Morgan fingerprint density at radius 1 is 1.30 bits per heavy atom. The number of pyridine rings is 1. The van der Waals surface area contributed by atoms with Crippen molar-refractivity contribution in [2.45, 2.75) is 46.5 Å². The molecular formula is C16H27N3O. The molecule has 0 saturated carbocycles. The van der Waals surface area contributed by atoms with Gasteiger partial charge in [-0.05, 0) is 31.4 Å². The Kier molecular flexibility index (Phi) is 7.70. The number of hydrogen-bond acceptors (Lipinski definition) is 3. The molecule has 4 nitrogen and oxygen atoms in total. The lowest BCUT2D eigenvalue weighted by molar-refractivity contribution is 0.0941. The van der Waals surface area contributed by atoms with Crippen LogP contribution in [-0.2, 0) is 0 Å². The minimum atomic E-state index is -0.0806. The van der Waals surface area contributed by atoms with Gasteiger partial charge < -0.3 is 10.6 Å². The predicted octanol–water partition coefficient (Wildman–Crippen LogP) is 3.46. The zero-order valence-corrected chi connectivity index (χ0v) is 12.9. The smallest absolute Gasteiger partial charge is 0.269 e. The molecule has 1 aromatic heterocycles. The molecule has 0 fully saturated rings. The molecule has 1 aromatic rings. The number of carbonyl (C=O) groups is 1. The van der Waals surface area contributed by atoms with Crippen molar-refractivity contribution in [2.24, 2.45) is 5.92 Å². The highest BCUT2D eigenvalue weighted by Gasteiger charge is 2.10. The van der Waals surface area contributed by atoms with E-state index in [1.165, 1.54) is 19.3 Å². The van der Waals surface area contributed by atoms with E-state index >= 15 is 0 Å². The number of carbonyl (C=O) groups excluding carboxylic acids is 1. The molecule has 1 unspecified atom stereocenters. The van der Waals surface area contributed by atoms with Crippen LogP contribution in [0.5, 0.6) is 0 Å². The van der Waals surface area contributed by atoms with Gasteiger partial charge in [0.05, 0.1) is 11.9 Å². The molecule has 0 aliphatic heterocycles. The molecule has 0 bridgehead atoms. The Morgan fingerprint density at radius 2 is 2.10 bits per heavy atom. The minimum Gasteiger partial charge on any atom is -0.384 e. The number of unbranched alkanes of at least 4 members (excludes halogenated alkanes) is 1. The molecule has 20 heavy (non-hydrogen) atoms. The molecule has 0 spiro atoms. The lowest BCUT2D eigenvalue weighted by Crippen LogP contribution is -2.29. The predicted molar refractivity (Wildman–Crippen MR) is 84.0 cm³/mol. The molecule has 1 amide bonds. The SMILES string of the molecule is CCCCC(CC)CNC(=O)c1ccc(NCC)cn1. The number of nitrogens with zero attached hydrogens (tertiary/aromatic N) is 1. The summed E-state index contributed by atoms with van der Waals surface area (Å²) in [5.74, 6) is 0.489. The molecule has 0 aromatic carbocycles. The summed E-state index contributed by atoms with van der Waals surface area (Å²) in [6.07, 6.45) is 6.42. The third-order valence-electron chi connectivity index (χ3n) is 3.47. The van der Waals surface area contributed by atoms with Crippen LogP contribution >= 0.6 is 0 Å². The van der Waals surface area contributed by atoms with E-state index in [2.05, 4.69) is 29.5 Å².